The fourth-order valence-corrected chi connectivity index (χ4v) is 2.53. The number of carbonyl (C=O) groups excluding carboxylic acids is 4. The third-order valence-electron chi connectivity index (χ3n) is 4.04. The highest BCUT2D eigenvalue weighted by Crippen LogP contribution is 2.12. The van der Waals surface area contributed by atoms with Crippen molar-refractivity contribution < 1.29 is 23.9 Å². The first-order valence-corrected chi connectivity index (χ1v) is 8.51. The van der Waals surface area contributed by atoms with Crippen LogP contribution in [0.2, 0.25) is 0 Å². The Labute approximate surface area is 151 Å². The number of amides is 4. The number of rotatable bonds is 8. The van der Waals surface area contributed by atoms with E-state index in [9.17, 15) is 19.2 Å². The van der Waals surface area contributed by atoms with Crippen molar-refractivity contribution in [3.8, 4) is 0 Å². The topological polar surface area (TPSA) is 105 Å². The number of hydrogen-bond acceptors (Lipinski definition) is 5. The van der Waals surface area contributed by atoms with Crippen LogP contribution >= 0.6 is 0 Å². The van der Waals surface area contributed by atoms with Gasteiger partial charge in [-0.05, 0) is 25.8 Å². The molecule has 0 radical (unpaired) electrons. The first-order valence-electron chi connectivity index (χ1n) is 8.51. The third kappa shape index (κ3) is 5.30. The molecule has 1 aromatic carbocycles. The molecule has 8 heteroatoms. The maximum atomic E-state index is 12.1. The van der Waals surface area contributed by atoms with E-state index in [4.69, 9.17) is 4.74 Å². The molecule has 0 aromatic heterocycles. The van der Waals surface area contributed by atoms with Crippen molar-refractivity contribution in [2.75, 3.05) is 13.1 Å². The van der Waals surface area contributed by atoms with Crippen LogP contribution in [0.15, 0.2) is 30.3 Å². The fourth-order valence-electron chi connectivity index (χ4n) is 2.53. The fraction of sp³-hybridized carbons (Fsp3) is 0.444. The largest absolute Gasteiger partial charge is 0.453 e. The average Bonchev–Trinajstić information content (AvgIpc) is 2.94. The van der Waals surface area contributed by atoms with Crippen molar-refractivity contribution >= 4 is 23.8 Å². The quantitative estimate of drug-likeness (QED) is 0.533. The lowest BCUT2D eigenvalue weighted by Crippen LogP contribution is -2.37. The zero-order chi connectivity index (χ0) is 19.1. The number of carbonyl (C=O) groups is 4. The van der Waals surface area contributed by atoms with E-state index in [0.717, 1.165) is 10.5 Å². The van der Waals surface area contributed by atoms with Gasteiger partial charge in [-0.2, -0.15) is 0 Å². The molecule has 26 heavy (non-hydrogen) atoms. The number of esters is 1. The Morgan fingerprint density at radius 3 is 2.54 bits per heavy atom. The zero-order valence-electron chi connectivity index (χ0n) is 14.9. The van der Waals surface area contributed by atoms with Gasteiger partial charge in [0.2, 0.25) is 5.91 Å². The highest BCUT2D eigenvalue weighted by atomic mass is 16.5. The predicted octanol–water partition coefficient (Wildman–Crippen LogP) is 1.13. The summed E-state index contributed by atoms with van der Waals surface area (Å²) in [5.41, 5.74) is 0.952. The number of ether oxygens (including phenoxy) is 1. The summed E-state index contributed by atoms with van der Waals surface area (Å²) in [5, 5.41) is 5.20. The molecule has 2 rings (SSSR count). The van der Waals surface area contributed by atoms with Gasteiger partial charge < -0.3 is 15.4 Å². The molecule has 8 nitrogen and oxygen atoms in total. The van der Waals surface area contributed by atoms with Gasteiger partial charge in [0.15, 0.2) is 6.10 Å². The minimum atomic E-state index is -0.926. The lowest BCUT2D eigenvalue weighted by atomic mass is 10.1. The lowest BCUT2D eigenvalue weighted by Gasteiger charge is -2.18. The second-order valence-electron chi connectivity index (χ2n) is 6.08. The van der Waals surface area contributed by atoms with Crippen molar-refractivity contribution in [3.63, 3.8) is 0 Å². The summed E-state index contributed by atoms with van der Waals surface area (Å²) >= 11 is 0. The van der Waals surface area contributed by atoms with Crippen LogP contribution in [-0.4, -0.2) is 47.9 Å². The van der Waals surface area contributed by atoms with E-state index in [0.29, 0.717) is 0 Å². The Kier molecular flexibility index (Phi) is 6.71. The number of nitrogens with one attached hydrogen (secondary N) is 2. The van der Waals surface area contributed by atoms with E-state index < -0.39 is 18.1 Å². The lowest BCUT2D eigenvalue weighted by molar-refractivity contribution is -0.155. The van der Waals surface area contributed by atoms with Crippen molar-refractivity contribution in [2.24, 2.45) is 0 Å². The molecule has 1 aliphatic heterocycles. The van der Waals surface area contributed by atoms with Crippen LogP contribution in [0.4, 0.5) is 4.79 Å². The maximum absolute atomic E-state index is 12.1. The molecule has 1 saturated heterocycles. The molecule has 2 atom stereocenters. The Balaban J connectivity index is 1.71. The molecule has 0 bridgehead atoms. The third-order valence-corrected chi connectivity index (χ3v) is 4.04. The summed E-state index contributed by atoms with van der Waals surface area (Å²) < 4.78 is 5.11. The Bertz CT molecular complexity index is 661. The van der Waals surface area contributed by atoms with Gasteiger partial charge in [-0.1, -0.05) is 30.3 Å². The molecular weight excluding hydrogens is 338 g/mol. The molecule has 0 saturated carbocycles. The number of nitrogens with zero attached hydrogens (tertiary/aromatic N) is 1. The van der Waals surface area contributed by atoms with Crippen LogP contribution in [0, 0.1) is 0 Å². The second kappa shape index (κ2) is 8.98. The number of benzene rings is 1. The van der Waals surface area contributed by atoms with E-state index in [1.54, 1.807) is 0 Å². The van der Waals surface area contributed by atoms with Crippen LogP contribution < -0.4 is 10.6 Å². The average molecular weight is 361 g/mol. The SMILES string of the molecule is CC(OC(=O)CCCN1C(=O)CNC1=O)C(=O)NC(C)c1ccccc1. The van der Waals surface area contributed by atoms with E-state index >= 15 is 0 Å². The van der Waals surface area contributed by atoms with Gasteiger partial charge in [0.1, 0.15) is 0 Å². The molecule has 0 spiro atoms. The Morgan fingerprint density at radius 2 is 1.92 bits per heavy atom. The van der Waals surface area contributed by atoms with E-state index in [1.807, 2.05) is 37.3 Å². The Morgan fingerprint density at radius 1 is 1.23 bits per heavy atom. The van der Waals surface area contributed by atoms with Crippen LogP contribution in [0.3, 0.4) is 0 Å². The van der Waals surface area contributed by atoms with Crippen molar-refractivity contribution in [2.45, 2.75) is 38.8 Å². The van der Waals surface area contributed by atoms with E-state index in [-0.39, 0.29) is 43.8 Å². The van der Waals surface area contributed by atoms with E-state index in [2.05, 4.69) is 10.6 Å². The van der Waals surface area contributed by atoms with Crippen LogP contribution in [0.5, 0.6) is 0 Å². The molecule has 1 fully saturated rings. The van der Waals surface area contributed by atoms with Gasteiger partial charge in [-0.3, -0.25) is 19.3 Å². The predicted molar refractivity (Wildman–Crippen MR) is 92.9 cm³/mol. The minimum absolute atomic E-state index is 0.0138. The second-order valence-corrected chi connectivity index (χ2v) is 6.08. The summed E-state index contributed by atoms with van der Waals surface area (Å²) in [7, 11) is 0. The summed E-state index contributed by atoms with van der Waals surface area (Å²) in [4.78, 5) is 47.8. The Hall–Kier alpha value is -2.90. The molecule has 1 heterocycles. The molecule has 1 aromatic rings. The monoisotopic (exact) mass is 361 g/mol. The first-order chi connectivity index (χ1) is 12.4. The normalized spacial score (nSPS) is 16.0. The number of urea groups is 1. The van der Waals surface area contributed by atoms with Crippen molar-refractivity contribution in [1.82, 2.24) is 15.5 Å². The number of hydrogen-bond donors (Lipinski definition) is 2. The molecule has 4 amide bonds. The van der Waals surface area contributed by atoms with Crippen molar-refractivity contribution in [1.29, 1.82) is 0 Å². The van der Waals surface area contributed by atoms with Gasteiger partial charge in [-0.15, -0.1) is 0 Å². The van der Waals surface area contributed by atoms with Crippen molar-refractivity contribution in [3.05, 3.63) is 35.9 Å². The van der Waals surface area contributed by atoms with Gasteiger partial charge in [0.05, 0.1) is 12.6 Å². The molecule has 0 aliphatic carbocycles. The number of imide groups is 1. The van der Waals surface area contributed by atoms with Crippen LogP contribution in [0.25, 0.3) is 0 Å². The highest BCUT2D eigenvalue weighted by Gasteiger charge is 2.28. The molecule has 2 unspecified atom stereocenters. The van der Waals surface area contributed by atoms with Crippen LogP contribution in [-0.2, 0) is 19.1 Å². The maximum Gasteiger partial charge on any atom is 0.324 e. The standard InChI is InChI=1S/C18H23N3O5/c1-12(14-7-4-3-5-8-14)20-17(24)13(2)26-16(23)9-6-10-21-15(22)11-19-18(21)25/h3-5,7-8,12-13H,6,9-11H2,1-2H3,(H,19,25)(H,20,24). The highest BCUT2D eigenvalue weighted by molar-refractivity contribution is 6.01. The van der Waals surface area contributed by atoms with Gasteiger partial charge in [-0.25, -0.2) is 4.79 Å². The molecule has 2 N–H and O–H groups in total. The zero-order valence-corrected chi connectivity index (χ0v) is 14.9. The molecule has 140 valence electrons. The van der Waals surface area contributed by atoms with Gasteiger partial charge in [0.25, 0.3) is 5.91 Å². The first kappa shape index (κ1) is 19.4. The summed E-state index contributed by atoms with van der Waals surface area (Å²) in [6.07, 6.45) is -0.624. The van der Waals surface area contributed by atoms with Gasteiger partial charge in [0, 0.05) is 13.0 Å². The smallest absolute Gasteiger partial charge is 0.324 e. The van der Waals surface area contributed by atoms with Gasteiger partial charge >= 0.3 is 12.0 Å². The van der Waals surface area contributed by atoms with Crippen LogP contribution in [0.1, 0.15) is 38.3 Å². The molecule has 1 aliphatic rings. The summed E-state index contributed by atoms with van der Waals surface area (Å²) in [6.45, 7) is 3.48. The molecular formula is C18H23N3O5. The summed E-state index contributed by atoms with van der Waals surface area (Å²) in [6, 6.07) is 8.80. The van der Waals surface area contributed by atoms with E-state index in [1.165, 1.54) is 6.92 Å². The minimum Gasteiger partial charge on any atom is -0.453 e. The summed E-state index contributed by atoms with van der Waals surface area (Å²) in [5.74, 6) is -1.25.